The third kappa shape index (κ3) is 10.5. The summed E-state index contributed by atoms with van der Waals surface area (Å²) in [4.78, 5) is 9.12. The first kappa shape index (κ1) is 20.0. The number of carbonyl (C=O) groups is 1. The molecule has 0 radical (unpaired) electrons. The van der Waals surface area contributed by atoms with E-state index in [0.29, 0.717) is 0 Å². The molecule has 0 fully saturated rings. The zero-order valence-electron chi connectivity index (χ0n) is 8.51. The predicted molar refractivity (Wildman–Crippen MR) is 57.1 cm³/mol. The van der Waals surface area contributed by atoms with Gasteiger partial charge in [0.05, 0.1) is 0 Å². The van der Waals surface area contributed by atoms with Gasteiger partial charge in [-0.1, -0.05) is 35.8 Å². The van der Waals surface area contributed by atoms with Gasteiger partial charge in [-0.05, 0) is 0 Å². The van der Waals surface area contributed by atoms with Gasteiger partial charge in [0.2, 0.25) is 0 Å². The van der Waals surface area contributed by atoms with Crippen molar-refractivity contribution in [1.29, 1.82) is 0 Å². The van der Waals surface area contributed by atoms with E-state index in [1.165, 1.54) is 5.46 Å². The van der Waals surface area contributed by atoms with Gasteiger partial charge in [0.15, 0.2) is 0 Å². The molecule has 1 rings (SSSR count). The van der Waals surface area contributed by atoms with Gasteiger partial charge >= 0.3 is 12.1 Å². The zero-order chi connectivity index (χ0) is 11.2. The van der Waals surface area contributed by atoms with Crippen LogP contribution in [0.5, 0.6) is 0 Å². The molecule has 0 saturated carbocycles. The molecule has 1 aromatic carbocycles. The van der Waals surface area contributed by atoms with E-state index in [9.17, 15) is 13.2 Å². The molecule has 0 saturated heterocycles. The Morgan fingerprint density at radius 3 is 1.56 bits per heavy atom. The lowest BCUT2D eigenvalue weighted by atomic mass is 9.97. The van der Waals surface area contributed by atoms with Gasteiger partial charge in [0, 0.05) is 0 Å². The van der Waals surface area contributed by atoms with Crippen molar-refractivity contribution < 1.29 is 28.9 Å². The summed E-state index contributed by atoms with van der Waals surface area (Å²) >= 11 is 0. The quantitative estimate of drug-likeness (QED) is 0.537. The molecule has 0 aliphatic rings. The summed E-state index contributed by atoms with van der Waals surface area (Å²) in [5, 5.41) is 0. The summed E-state index contributed by atoms with van der Waals surface area (Å²) < 4.78 is 32.1. The summed E-state index contributed by atoms with van der Waals surface area (Å²) in [5.74, 6) is -2.26. The van der Waals surface area contributed by atoms with Crippen LogP contribution in [-0.4, -0.2) is 30.9 Å². The van der Waals surface area contributed by atoms with Crippen molar-refractivity contribution >= 4 is 19.2 Å². The number of hydrogen-bond donors (Lipinski definition) is 1. The van der Waals surface area contributed by atoms with Gasteiger partial charge < -0.3 is 16.7 Å². The summed E-state index contributed by atoms with van der Waals surface area (Å²) in [6.07, 6.45) is -4.86. The number of hydrogen-bond acceptors (Lipinski definition) is 1. The van der Waals surface area contributed by atoms with E-state index in [1.807, 2.05) is 18.2 Å². The Bertz CT molecular complexity index is 292. The molecule has 1 amide bonds. The van der Waals surface area contributed by atoms with Crippen molar-refractivity contribution in [2.24, 2.45) is 5.73 Å². The second-order valence-electron chi connectivity index (χ2n) is 2.52. The van der Waals surface area contributed by atoms with Crippen LogP contribution < -0.4 is 11.2 Å². The largest absolute Gasteiger partial charge is 0.470 e. The minimum atomic E-state index is -4.86. The maximum atomic E-state index is 10.7. The van der Waals surface area contributed by atoms with Gasteiger partial charge in [0.25, 0.3) is 0 Å². The van der Waals surface area contributed by atoms with Crippen LogP contribution in [0.3, 0.4) is 0 Å². The van der Waals surface area contributed by atoms with Crippen LogP contribution in [0.4, 0.5) is 13.2 Å². The van der Waals surface area contributed by atoms with Crippen LogP contribution in [-0.2, 0) is 4.79 Å². The van der Waals surface area contributed by atoms with E-state index in [0.717, 1.165) is 0 Å². The number of rotatable bonds is 0. The van der Waals surface area contributed by atoms with Crippen molar-refractivity contribution in [1.82, 2.24) is 0 Å². The number of carbonyl (C=O) groups excluding carboxylic acids is 1. The SMILES string of the molecule is Bc1ccccc1.NC(=O)C(F)(F)F.O.O. The first-order valence-electron chi connectivity index (χ1n) is 3.72. The molecule has 0 unspecified atom stereocenters. The topological polar surface area (TPSA) is 106 Å². The van der Waals surface area contributed by atoms with E-state index in [2.05, 4.69) is 25.7 Å². The molecule has 16 heavy (non-hydrogen) atoms. The number of amides is 1. The molecule has 6 N–H and O–H groups in total. The summed E-state index contributed by atoms with van der Waals surface area (Å²) in [6.45, 7) is 0. The molecule has 0 aliphatic carbocycles. The average molecular weight is 239 g/mol. The third-order valence-corrected chi connectivity index (χ3v) is 1.22. The third-order valence-electron chi connectivity index (χ3n) is 1.22. The van der Waals surface area contributed by atoms with Crippen molar-refractivity contribution in [3.05, 3.63) is 30.3 Å². The Morgan fingerprint density at radius 2 is 1.44 bits per heavy atom. The Kier molecular flexibility index (Phi) is 10.9. The highest BCUT2D eigenvalue weighted by atomic mass is 19.4. The van der Waals surface area contributed by atoms with Gasteiger partial charge in [-0.2, -0.15) is 13.2 Å². The Morgan fingerprint density at radius 1 is 1.12 bits per heavy atom. The van der Waals surface area contributed by atoms with Crippen LogP contribution >= 0.6 is 0 Å². The minimum absolute atomic E-state index is 0. The fourth-order valence-electron chi connectivity index (χ4n) is 0.534. The molecule has 0 aliphatic heterocycles. The smallest absolute Gasteiger partial charge is 0.412 e. The first-order chi connectivity index (χ1) is 6.34. The maximum Gasteiger partial charge on any atom is 0.470 e. The molecule has 0 heterocycles. The van der Waals surface area contributed by atoms with E-state index < -0.39 is 12.1 Å². The second kappa shape index (κ2) is 8.75. The fourth-order valence-corrected chi connectivity index (χ4v) is 0.534. The summed E-state index contributed by atoms with van der Waals surface area (Å²) in [5.41, 5.74) is 5.13. The summed E-state index contributed by atoms with van der Waals surface area (Å²) in [6, 6.07) is 10.3. The molecule has 8 heteroatoms. The van der Waals surface area contributed by atoms with Crippen molar-refractivity contribution in [3.8, 4) is 0 Å². The Labute approximate surface area is 91.3 Å². The lowest BCUT2D eigenvalue weighted by Crippen LogP contribution is -2.30. The maximum absolute atomic E-state index is 10.7. The van der Waals surface area contributed by atoms with E-state index in [1.54, 1.807) is 0 Å². The monoisotopic (exact) mass is 239 g/mol. The molecule has 0 bridgehead atoms. The molecule has 0 spiro atoms. The van der Waals surface area contributed by atoms with Crippen molar-refractivity contribution in [2.45, 2.75) is 6.18 Å². The summed E-state index contributed by atoms with van der Waals surface area (Å²) in [7, 11) is 2.08. The normalized spacial score (nSPS) is 8.69. The lowest BCUT2D eigenvalue weighted by Gasteiger charge is -1.95. The zero-order valence-corrected chi connectivity index (χ0v) is 8.51. The highest BCUT2D eigenvalue weighted by Crippen LogP contribution is 2.11. The molecule has 0 atom stereocenters. The number of halogens is 3. The van der Waals surface area contributed by atoms with Crippen LogP contribution in [0.25, 0.3) is 0 Å². The highest BCUT2D eigenvalue weighted by Gasteiger charge is 2.35. The van der Waals surface area contributed by atoms with Crippen LogP contribution in [0.1, 0.15) is 0 Å². The number of primary amides is 1. The molecule has 4 nitrogen and oxygen atoms in total. The van der Waals surface area contributed by atoms with Crippen molar-refractivity contribution in [2.75, 3.05) is 0 Å². The fraction of sp³-hybridized carbons (Fsp3) is 0.125. The Hall–Kier alpha value is -1.54. The van der Waals surface area contributed by atoms with Gasteiger partial charge in [0.1, 0.15) is 7.85 Å². The first-order valence-corrected chi connectivity index (χ1v) is 3.72. The molecule has 1 aromatic rings. The average Bonchev–Trinajstić information content (AvgIpc) is 2.04. The standard InChI is InChI=1S/C6H7B.C2H2F3NO.2H2O/c7-6-4-2-1-3-5-6;3-2(4,5)1(6)7;;/h1-5H,7H2;(H2,6,7);2*1H2. The number of nitrogens with two attached hydrogens (primary N) is 1. The predicted octanol–water partition coefficient (Wildman–Crippen LogP) is -1.67. The van der Waals surface area contributed by atoms with Crippen LogP contribution in [0, 0.1) is 0 Å². The molecular formula is C8H13BF3NO3. The van der Waals surface area contributed by atoms with Gasteiger partial charge in [-0.3, -0.25) is 4.79 Å². The second-order valence-corrected chi connectivity index (χ2v) is 2.52. The van der Waals surface area contributed by atoms with Gasteiger partial charge in [-0.15, -0.1) is 0 Å². The number of alkyl halides is 3. The molecular weight excluding hydrogens is 226 g/mol. The van der Waals surface area contributed by atoms with E-state index in [4.69, 9.17) is 4.79 Å². The molecule has 92 valence electrons. The van der Waals surface area contributed by atoms with E-state index in [-0.39, 0.29) is 11.0 Å². The number of benzene rings is 1. The van der Waals surface area contributed by atoms with E-state index >= 15 is 0 Å². The molecule has 0 aromatic heterocycles. The van der Waals surface area contributed by atoms with Gasteiger partial charge in [-0.25, -0.2) is 0 Å². The highest BCUT2D eigenvalue weighted by molar-refractivity contribution is 6.32. The minimum Gasteiger partial charge on any atom is -0.412 e. The Balaban J connectivity index is -0.000000188. The van der Waals surface area contributed by atoms with Crippen LogP contribution in [0.2, 0.25) is 0 Å². The lowest BCUT2D eigenvalue weighted by molar-refractivity contribution is -0.169. The van der Waals surface area contributed by atoms with Crippen LogP contribution in [0.15, 0.2) is 30.3 Å². The van der Waals surface area contributed by atoms with Crippen molar-refractivity contribution in [3.63, 3.8) is 0 Å².